The minimum atomic E-state index is -4.31. The SMILES string of the molecule is O=C(O)c1cc2ccccc2c(N=Nc2ccc3cc(S(=O)(=O)O)ccc3c2)c1O.[Ca+2]. The molecule has 0 aliphatic heterocycles. The molecule has 0 saturated carbocycles. The van der Waals surface area contributed by atoms with Crippen LogP contribution in [0, 0.1) is 0 Å². The van der Waals surface area contributed by atoms with Crippen molar-refractivity contribution in [3.05, 3.63) is 72.3 Å². The zero-order chi connectivity index (χ0) is 21.5. The van der Waals surface area contributed by atoms with Gasteiger partial charge in [0.2, 0.25) is 0 Å². The Balaban J connectivity index is 0.00000272. The van der Waals surface area contributed by atoms with E-state index < -0.39 is 21.8 Å². The monoisotopic (exact) mass is 462 g/mol. The standard InChI is InChI=1S/C21H14N2O6S.Ca/c24-20-18(21(25)26)11-14-3-1-2-4-17(14)19(20)23-22-15-7-5-13-10-16(30(27,28)29)8-6-12(13)9-15;/h1-11,24H,(H,25,26)(H,27,28,29);/q;+2. The maximum Gasteiger partial charge on any atom is 2.00 e. The van der Waals surface area contributed by atoms with Crippen LogP contribution in [-0.4, -0.2) is 66.9 Å². The Kier molecular flexibility index (Phi) is 6.63. The van der Waals surface area contributed by atoms with E-state index in [9.17, 15) is 23.4 Å². The number of azo groups is 1. The molecule has 0 bridgehead atoms. The number of carbonyl (C=O) groups is 1. The summed E-state index contributed by atoms with van der Waals surface area (Å²) in [7, 11) is -4.31. The number of fused-ring (bicyclic) bond motifs is 2. The minimum Gasteiger partial charge on any atom is -0.505 e. The van der Waals surface area contributed by atoms with Crippen molar-refractivity contribution in [3.63, 3.8) is 0 Å². The van der Waals surface area contributed by atoms with Crippen LogP contribution in [0.2, 0.25) is 0 Å². The van der Waals surface area contributed by atoms with Crippen molar-refractivity contribution < 1.29 is 28.0 Å². The van der Waals surface area contributed by atoms with Crippen molar-refractivity contribution >= 4 is 86.7 Å². The van der Waals surface area contributed by atoms with Crippen LogP contribution in [0.15, 0.2) is 81.9 Å². The molecule has 0 aromatic heterocycles. The first kappa shape index (κ1) is 23.1. The van der Waals surface area contributed by atoms with Gasteiger partial charge in [-0.15, -0.1) is 5.11 Å². The summed E-state index contributed by atoms with van der Waals surface area (Å²) >= 11 is 0. The van der Waals surface area contributed by atoms with E-state index in [0.29, 0.717) is 27.2 Å². The average molecular weight is 462 g/mol. The summed E-state index contributed by atoms with van der Waals surface area (Å²) in [6, 6.07) is 17.2. The van der Waals surface area contributed by atoms with Crippen molar-refractivity contribution in [1.29, 1.82) is 0 Å². The normalized spacial score (nSPS) is 11.6. The number of aromatic hydroxyl groups is 1. The Morgan fingerprint density at radius 1 is 0.839 bits per heavy atom. The van der Waals surface area contributed by atoms with E-state index in [1.165, 1.54) is 24.3 Å². The Labute approximate surface area is 206 Å². The second-order valence-corrected chi connectivity index (χ2v) is 7.94. The van der Waals surface area contributed by atoms with Gasteiger partial charge >= 0.3 is 43.7 Å². The first-order valence-electron chi connectivity index (χ1n) is 8.65. The number of hydrogen-bond acceptors (Lipinski definition) is 6. The van der Waals surface area contributed by atoms with Crippen LogP contribution >= 0.6 is 0 Å². The molecule has 10 heteroatoms. The third-order valence-electron chi connectivity index (χ3n) is 4.58. The summed E-state index contributed by atoms with van der Waals surface area (Å²) in [6.07, 6.45) is 0. The molecular weight excluding hydrogens is 448 g/mol. The number of rotatable bonds is 4. The second kappa shape index (κ2) is 8.89. The summed E-state index contributed by atoms with van der Waals surface area (Å²) in [5.41, 5.74) is 0.164. The van der Waals surface area contributed by atoms with Gasteiger partial charge in [-0.1, -0.05) is 36.4 Å². The topological polar surface area (TPSA) is 137 Å². The van der Waals surface area contributed by atoms with Gasteiger partial charge in [0, 0.05) is 5.39 Å². The van der Waals surface area contributed by atoms with Crippen LogP contribution in [0.25, 0.3) is 21.5 Å². The first-order chi connectivity index (χ1) is 14.2. The zero-order valence-electron chi connectivity index (χ0n) is 15.9. The molecular formula is C21H14CaN2O6S+2. The smallest absolute Gasteiger partial charge is 0.505 e. The molecule has 0 heterocycles. The predicted octanol–water partition coefficient (Wildman–Crippen LogP) is 4.68. The second-order valence-electron chi connectivity index (χ2n) is 6.52. The van der Waals surface area contributed by atoms with Crippen LogP contribution in [0.1, 0.15) is 10.4 Å². The van der Waals surface area contributed by atoms with Crippen LogP contribution < -0.4 is 0 Å². The molecule has 0 aliphatic carbocycles. The molecule has 0 amide bonds. The zero-order valence-corrected chi connectivity index (χ0v) is 19.0. The summed E-state index contributed by atoms with van der Waals surface area (Å²) in [6.45, 7) is 0. The van der Waals surface area contributed by atoms with Crippen LogP contribution in [0.3, 0.4) is 0 Å². The number of nitrogens with zero attached hydrogens (tertiary/aromatic N) is 2. The minimum absolute atomic E-state index is 0. The van der Waals surface area contributed by atoms with E-state index in [1.807, 2.05) is 0 Å². The molecule has 0 radical (unpaired) electrons. The van der Waals surface area contributed by atoms with E-state index in [2.05, 4.69) is 10.2 Å². The Morgan fingerprint density at radius 2 is 1.52 bits per heavy atom. The number of phenols is 1. The van der Waals surface area contributed by atoms with Gasteiger partial charge in [-0.05, 0) is 46.5 Å². The van der Waals surface area contributed by atoms with Crippen LogP contribution in [-0.2, 0) is 10.1 Å². The number of carboxylic acids is 1. The fraction of sp³-hybridized carbons (Fsp3) is 0. The molecule has 0 fully saturated rings. The van der Waals surface area contributed by atoms with Gasteiger partial charge < -0.3 is 10.2 Å². The number of benzene rings is 4. The number of carboxylic acid groups (broad SMARTS) is 1. The van der Waals surface area contributed by atoms with E-state index in [4.69, 9.17) is 4.55 Å². The fourth-order valence-electron chi connectivity index (χ4n) is 3.12. The first-order valence-corrected chi connectivity index (χ1v) is 10.1. The molecule has 4 aromatic rings. The van der Waals surface area contributed by atoms with Crippen LogP contribution in [0.4, 0.5) is 11.4 Å². The summed E-state index contributed by atoms with van der Waals surface area (Å²) < 4.78 is 31.7. The molecule has 3 N–H and O–H groups in total. The molecule has 150 valence electrons. The number of hydrogen-bond donors (Lipinski definition) is 3. The van der Waals surface area contributed by atoms with E-state index in [0.717, 1.165) is 0 Å². The Hall–Kier alpha value is -2.56. The van der Waals surface area contributed by atoms with Gasteiger partial charge in [0.05, 0.1) is 10.6 Å². The largest absolute Gasteiger partial charge is 2.00 e. The Morgan fingerprint density at radius 3 is 2.23 bits per heavy atom. The van der Waals surface area contributed by atoms with Crippen molar-refractivity contribution in [3.8, 4) is 5.75 Å². The van der Waals surface area contributed by atoms with Crippen molar-refractivity contribution in [2.24, 2.45) is 10.2 Å². The maximum absolute atomic E-state index is 11.4. The van der Waals surface area contributed by atoms with E-state index >= 15 is 0 Å². The third kappa shape index (κ3) is 4.70. The summed E-state index contributed by atoms with van der Waals surface area (Å²) in [4.78, 5) is 11.2. The molecule has 4 aromatic carbocycles. The molecule has 0 unspecified atom stereocenters. The summed E-state index contributed by atoms with van der Waals surface area (Å²) in [5, 5.41) is 30.3. The van der Waals surface area contributed by atoms with Gasteiger partial charge in [0.1, 0.15) is 11.3 Å². The molecule has 8 nitrogen and oxygen atoms in total. The fourth-order valence-corrected chi connectivity index (χ4v) is 3.64. The number of aromatic carboxylic acids is 1. The molecule has 0 atom stereocenters. The Bertz CT molecular complexity index is 1470. The molecule has 0 spiro atoms. The van der Waals surface area contributed by atoms with E-state index in [-0.39, 0.29) is 53.9 Å². The van der Waals surface area contributed by atoms with Crippen molar-refractivity contribution in [2.75, 3.05) is 0 Å². The quantitative estimate of drug-likeness (QED) is 0.229. The van der Waals surface area contributed by atoms with Gasteiger partial charge in [0.25, 0.3) is 10.1 Å². The van der Waals surface area contributed by atoms with Gasteiger partial charge in [-0.3, -0.25) is 4.55 Å². The maximum atomic E-state index is 11.4. The average Bonchev–Trinajstić information content (AvgIpc) is 2.71. The van der Waals surface area contributed by atoms with E-state index in [1.54, 1.807) is 42.5 Å². The molecule has 4 rings (SSSR count). The van der Waals surface area contributed by atoms with Crippen LogP contribution in [0.5, 0.6) is 5.75 Å². The molecule has 31 heavy (non-hydrogen) atoms. The van der Waals surface area contributed by atoms with Gasteiger partial charge in [0.15, 0.2) is 5.75 Å². The third-order valence-corrected chi connectivity index (χ3v) is 5.43. The predicted molar refractivity (Wildman–Crippen MR) is 116 cm³/mol. The van der Waals surface area contributed by atoms with Gasteiger partial charge in [-0.2, -0.15) is 13.5 Å². The molecule has 0 aliphatic rings. The summed E-state index contributed by atoms with van der Waals surface area (Å²) in [5.74, 6) is -1.77. The molecule has 0 saturated heterocycles. The van der Waals surface area contributed by atoms with Crippen molar-refractivity contribution in [2.45, 2.75) is 4.90 Å². The van der Waals surface area contributed by atoms with Gasteiger partial charge in [-0.25, -0.2) is 4.79 Å². The van der Waals surface area contributed by atoms with Crippen molar-refractivity contribution in [1.82, 2.24) is 0 Å².